The molecule has 3 amide bonds. The third-order valence-electron chi connectivity index (χ3n) is 4.38. The van der Waals surface area contributed by atoms with Crippen LogP contribution < -0.4 is 0 Å². The minimum Gasteiger partial charge on any atom is -0.343 e. The number of likely N-dealkylation sites (tertiary alicyclic amines) is 1. The number of carbonyl (C=O) groups is 3. The van der Waals surface area contributed by atoms with Crippen molar-refractivity contribution in [3.63, 3.8) is 0 Å². The molecule has 0 N–H and O–H groups in total. The highest BCUT2D eigenvalue weighted by atomic mass is 16.2. The first kappa shape index (κ1) is 13.8. The zero-order chi connectivity index (χ0) is 15.0. The Morgan fingerprint density at radius 3 is 2.10 bits per heavy atom. The molecular formula is C16H18N2O3. The first-order chi connectivity index (χ1) is 10.1. The van der Waals surface area contributed by atoms with Gasteiger partial charge in [0.1, 0.15) is 0 Å². The molecule has 0 aromatic heterocycles. The van der Waals surface area contributed by atoms with Crippen LogP contribution in [0.3, 0.4) is 0 Å². The Labute approximate surface area is 123 Å². The van der Waals surface area contributed by atoms with Crippen molar-refractivity contribution in [3.8, 4) is 0 Å². The normalized spacial score (nSPS) is 19.1. The van der Waals surface area contributed by atoms with Gasteiger partial charge in [0.05, 0.1) is 11.1 Å². The molecule has 110 valence electrons. The SMILES string of the molecule is CC(=O)N1CCC(CN2C(=O)c3ccccc3C2=O)CC1. The predicted molar refractivity (Wildman–Crippen MR) is 76.8 cm³/mol. The van der Waals surface area contributed by atoms with Gasteiger partial charge in [0.2, 0.25) is 5.91 Å². The average Bonchev–Trinajstić information content (AvgIpc) is 2.73. The van der Waals surface area contributed by atoms with Crippen molar-refractivity contribution in [1.82, 2.24) is 9.80 Å². The van der Waals surface area contributed by atoms with E-state index >= 15 is 0 Å². The first-order valence-electron chi connectivity index (χ1n) is 7.28. The largest absolute Gasteiger partial charge is 0.343 e. The molecule has 1 saturated heterocycles. The van der Waals surface area contributed by atoms with Crippen LogP contribution in [0.5, 0.6) is 0 Å². The van der Waals surface area contributed by atoms with E-state index in [4.69, 9.17) is 0 Å². The second kappa shape index (κ2) is 5.31. The summed E-state index contributed by atoms with van der Waals surface area (Å²) in [6.07, 6.45) is 1.68. The molecule has 21 heavy (non-hydrogen) atoms. The van der Waals surface area contributed by atoms with E-state index in [1.54, 1.807) is 31.2 Å². The highest BCUT2D eigenvalue weighted by Gasteiger charge is 2.36. The molecular weight excluding hydrogens is 268 g/mol. The third kappa shape index (κ3) is 2.44. The fraction of sp³-hybridized carbons (Fsp3) is 0.438. The van der Waals surface area contributed by atoms with Crippen LogP contribution >= 0.6 is 0 Å². The molecule has 0 bridgehead atoms. The van der Waals surface area contributed by atoms with E-state index in [1.807, 2.05) is 4.90 Å². The molecule has 0 saturated carbocycles. The van der Waals surface area contributed by atoms with Crippen LogP contribution in [0.4, 0.5) is 0 Å². The summed E-state index contributed by atoms with van der Waals surface area (Å²) < 4.78 is 0. The van der Waals surface area contributed by atoms with Gasteiger partial charge >= 0.3 is 0 Å². The van der Waals surface area contributed by atoms with Crippen LogP contribution in [0, 0.1) is 5.92 Å². The molecule has 0 radical (unpaired) electrons. The van der Waals surface area contributed by atoms with Crippen molar-refractivity contribution >= 4 is 17.7 Å². The maximum atomic E-state index is 12.3. The smallest absolute Gasteiger partial charge is 0.261 e. The lowest BCUT2D eigenvalue weighted by Crippen LogP contribution is -2.42. The van der Waals surface area contributed by atoms with Gasteiger partial charge < -0.3 is 4.90 Å². The molecule has 0 aliphatic carbocycles. The minimum atomic E-state index is -0.190. The zero-order valence-electron chi connectivity index (χ0n) is 12.0. The van der Waals surface area contributed by atoms with E-state index in [1.165, 1.54) is 4.90 Å². The van der Waals surface area contributed by atoms with Crippen LogP contribution in [0.15, 0.2) is 24.3 Å². The van der Waals surface area contributed by atoms with Gasteiger partial charge in [0.15, 0.2) is 0 Å². The van der Waals surface area contributed by atoms with Crippen molar-refractivity contribution in [2.45, 2.75) is 19.8 Å². The van der Waals surface area contributed by atoms with Crippen molar-refractivity contribution in [2.75, 3.05) is 19.6 Å². The number of imide groups is 1. The van der Waals surface area contributed by atoms with E-state index in [2.05, 4.69) is 0 Å². The lowest BCUT2D eigenvalue weighted by Gasteiger charge is -2.32. The molecule has 1 aromatic carbocycles. The molecule has 2 aliphatic heterocycles. The summed E-state index contributed by atoms with van der Waals surface area (Å²) in [5.74, 6) is -0.00816. The number of piperidine rings is 1. The summed E-state index contributed by atoms with van der Waals surface area (Å²) in [5.41, 5.74) is 1.01. The lowest BCUT2D eigenvalue weighted by molar-refractivity contribution is -0.130. The van der Waals surface area contributed by atoms with Crippen molar-refractivity contribution in [1.29, 1.82) is 0 Å². The number of rotatable bonds is 2. The summed E-state index contributed by atoms with van der Waals surface area (Å²) in [6, 6.07) is 6.96. The molecule has 3 rings (SSSR count). The van der Waals surface area contributed by atoms with Crippen molar-refractivity contribution < 1.29 is 14.4 Å². The number of benzene rings is 1. The maximum absolute atomic E-state index is 12.3. The number of amides is 3. The summed E-state index contributed by atoms with van der Waals surface area (Å²) in [4.78, 5) is 39.1. The van der Waals surface area contributed by atoms with Gasteiger partial charge in [-0.25, -0.2) is 0 Å². The van der Waals surface area contributed by atoms with Gasteiger partial charge in [-0.05, 0) is 30.9 Å². The van der Waals surface area contributed by atoms with Crippen LogP contribution in [0.25, 0.3) is 0 Å². The molecule has 0 unspecified atom stereocenters. The maximum Gasteiger partial charge on any atom is 0.261 e. The second-order valence-electron chi connectivity index (χ2n) is 5.72. The first-order valence-corrected chi connectivity index (χ1v) is 7.28. The van der Waals surface area contributed by atoms with Crippen LogP contribution in [-0.4, -0.2) is 47.2 Å². The molecule has 2 heterocycles. The summed E-state index contributed by atoms with van der Waals surface area (Å²) >= 11 is 0. The highest BCUT2D eigenvalue weighted by molar-refractivity contribution is 6.21. The summed E-state index contributed by atoms with van der Waals surface area (Å²) in [6.45, 7) is 3.45. The van der Waals surface area contributed by atoms with Crippen LogP contribution in [0.1, 0.15) is 40.5 Å². The fourth-order valence-electron chi connectivity index (χ4n) is 3.09. The Morgan fingerprint density at radius 2 is 1.62 bits per heavy atom. The Morgan fingerprint density at radius 1 is 1.10 bits per heavy atom. The lowest BCUT2D eigenvalue weighted by atomic mass is 9.96. The average molecular weight is 286 g/mol. The number of hydrogen-bond donors (Lipinski definition) is 0. The molecule has 5 heteroatoms. The Hall–Kier alpha value is -2.17. The van der Waals surface area contributed by atoms with Crippen LogP contribution in [0.2, 0.25) is 0 Å². The van der Waals surface area contributed by atoms with E-state index in [0.29, 0.717) is 30.8 Å². The standard InChI is InChI=1S/C16H18N2O3/c1-11(19)17-8-6-12(7-9-17)10-18-15(20)13-4-2-3-5-14(13)16(18)21/h2-5,12H,6-10H2,1H3. The van der Waals surface area contributed by atoms with E-state index in [-0.39, 0.29) is 23.6 Å². The molecule has 1 fully saturated rings. The third-order valence-corrected chi connectivity index (χ3v) is 4.38. The monoisotopic (exact) mass is 286 g/mol. The van der Waals surface area contributed by atoms with Gasteiger partial charge in [-0.3, -0.25) is 19.3 Å². The minimum absolute atomic E-state index is 0.0918. The summed E-state index contributed by atoms with van der Waals surface area (Å²) in [7, 11) is 0. The Kier molecular flexibility index (Phi) is 3.49. The molecule has 0 spiro atoms. The van der Waals surface area contributed by atoms with Gasteiger partial charge in [-0.2, -0.15) is 0 Å². The fourth-order valence-corrected chi connectivity index (χ4v) is 3.09. The van der Waals surface area contributed by atoms with Crippen molar-refractivity contribution in [2.24, 2.45) is 5.92 Å². The molecule has 1 aromatic rings. The topological polar surface area (TPSA) is 57.7 Å². The number of carbonyl (C=O) groups excluding carboxylic acids is 3. The van der Waals surface area contributed by atoms with Crippen LogP contribution in [-0.2, 0) is 4.79 Å². The quantitative estimate of drug-likeness (QED) is 0.775. The van der Waals surface area contributed by atoms with E-state index in [0.717, 1.165) is 12.8 Å². The second-order valence-corrected chi connectivity index (χ2v) is 5.72. The highest BCUT2D eigenvalue weighted by Crippen LogP contribution is 2.26. The van der Waals surface area contributed by atoms with Gasteiger partial charge in [-0.1, -0.05) is 12.1 Å². The van der Waals surface area contributed by atoms with Gasteiger partial charge in [-0.15, -0.1) is 0 Å². The summed E-state index contributed by atoms with van der Waals surface area (Å²) in [5, 5.41) is 0. The Bertz CT molecular complexity index is 568. The molecule has 0 atom stereocenters. The molecule has 5 nitrogen and oxygen atoms in total. The van der Waals surface area contributed by atoms with Crippen molar-refractivity contribution in [3.05, 3.63) is 35.4 Å². The van der Waals surface area contributed by atoms with E-state index in [9.17, 15) is 14.4 Å². The number of nitrogens with zero attached hydrogens (tertiary/aromatic N) is 2. The predicted octanol–water partition coefficient (Wildman–Crippen LogP) is 1.54. The molecule has 2 aliphatic rings. The number of hydrogen-bond acceptors (Lipinski definition) is 3. The Balaban J connectivity index is 1.67. The number of fused-ring (bicyclic) bond motifs is 1. The van der Waals surface area contributed by atoms with E-state index < -0.39 is 0 Å². The van der Waals surface area contributed by atoms with Gasteiger partial charge in [0.25, 0.3) is 11.8 Å². The van der Waals surface area contributed by atoms with Gasteiger partial charge in [0, 0.05) is 26.6 Å². The zero-order valence-corrected chi connectivity index (χ0v) is 12.0.